The van der Waals surface area contributed by atoms with Gasteiger partial charge in [-0.1, -0.05) is 42.5 Å². The van der Waals surface area contributed by atoms with E-state index in [1.54, 1.807) is 39.4 Å². The van der Waals surface area contributed by atoms with Crippen molar-refractivity contribution in [2.75, 3.05) is 21.3 Å². The Balaban J connectivity index is 1.68. The maximum absolute atomic E-state index is 13.3. The zero-order chi connectivity index (χ0) is 23.5. The van der Waals surface area contributed by atoms with Crippen LogP contribution in [-0.2, 0) is 13.1 Å². The van der Waals surface area contributed by atoms with E-state index in [4.69, 9.17) is 14.2 Å². The molecular weight excluding hydrogens is 418 g/mol. The molecule has 3 aromatic carbocycles. The predicted molar refractivity (Wildman–Crippen MR) is 127 cm³/mol. The van der Waals surface area contributed by atoms with Crippen molar-refractivity contribution in [3.8, 4) is 23.0 Å². The lowest BCUT2D eigenvalue weighted by molar-refractivity contribution is 0.101. The highest BCUT2D eigenvalue weighted by Gasteiger charge is 2.33. The van der Waals surface area contributed by atoms with Gasteiger partial charge in [-0.2, -0.15) is 0 Å². The zero-order valence-corrected chi connectivity index (χ0v) is 19.2. The molecule has 6 nitrogen and oxygen atoms in total. The Morgan fingerprint density at radius 3 is 2.48 bits per heavy atom. The third-order valence-corrected chi connectivity index (χ3v) is 5.66. The van der Waals surface area contributed by atoms with Gasteiger partial charge in [0.1, 0.15) is 11.5 Å². The van der Waals surface area contributed by atoms with Crippen LogP contribution in [-0.4, -0.2) is 37.1 Å². The number of fused-ring (bicyclic) bond motifs is 1. The molecule has 0 spiro atoms. The van der Waals surface area contributed by atoms with Crippen molar-refractivity contribution in [1.82, 2.24) is 4.90 Å². The minimum absolute atomic E-state index is 0.110. The Kier molecular flexibility index (Phi) is 6.38. The molecule has 6 heteroatoms. The Morgan fingerprint density at radius 1 is 1.03 bits per heavy atom. The maximum Gasteiger partial charge on any atom is 0.232 e. The molecule has 33 heavy (non-hydrogen) atoms. The largest absolute Gasteiger partial charge is 0.507 e. The zero-order valence-electron chi connectivity index (χ0n) is 19.2. The van der Waals surface area contributed by atoms with Gasteiger partial charge >= 0.3 is 0 Å². The minimum Gasteiger partial charge on any atom is -0.507 e. The van der Waals surface area contributed by atoms with E-state index in [0.717, 1.165) is 5.56 Å². The summed E-state index contributed by atoms with van der Waals surface area (Å²) >= 11 is 0. The van der Waals surface area contributed by atoms with Gasteiger partial charge in [0.05, 0.1) is 25.3 Å². The Labute approximate surface area is 193 Å². The van der Waals surface area contributed by atoms with Crippen LogP contribution in [0.15, 0.2) is 60.4 Å². The molecule has 0 amide bonds. The summed E-state index contributed by atoms with van der Waals surface area (Å²) in [6.45, 7) is 2.92. The van der Waals surface area contributed by atoms with Crippen molar-refractivity contribution in [2.24, 2.45) is 0 Å². The van der Waals surface area contributed by atoms with Crippen LogP contribution in [0.2, 0.25) is 0 Å². The molecule has 170 valence electrons. The van der Waals surface area contributed by atoms with Gasteiger partial charge < -0.3 is 19.3 Å². The molecule has 0 bridgehead atoms. The van der Waals surface area contributed by atoms with Gasteiger partial charge in [-0.3, -0.25) is 9.69 Å². The number of ketones is 1. The molecule has 0 saturated carbocycles. The third-order valence-electron chi connectivity index (χ3n) is 5.66. The van der Waals surface area contributed by atoms with E-state index < -0.39 is 0 Å². The van der Waals surface area contributed by atoms with Crippen molar-refractivity contribution in [3.63, 3.8) is 0 Å². The number of Topliss-reactive ketones (excluding diaryl/α,β-unsaturated/α-hetero) is 1. The predicted octanol–water partition coefficient (Wildman–Crippen LogP) is 4.97. The number of aryl methyl sites for hydroxylation is 1. The van der Waals surface area contributed by atoms with Gasteiger partial charge in [-0.15, -0.1) is 0 Å². The number of nitrogens with zero attached hydrogens (tertiary/aromatic N) is 1. The van der Waals surface area contributed by atoms with Gasteiger partial charge in [0, 0.05) is 18.7 Å². The number of phenols is 1. The number of carbonyl (C=O) groups is 1. The van der Waals surface area contributed by atoms with Crippen molar-refractivity contribution >= 4 is 11.9 Å². The van der Waals surface area contributed by atoms with Crippen molar-refractivity contribution in [1.29, 1.82) is 0 Å². The third kappa shape index (κ3) is 4.43. The van der Waals surface area contributed by atoms with Crippen LogP contribution in [0, 0.1) is 6.92 Å². The summed E-state index contributed by atoms with van der Waals surface area (Å²) in [5.74, 6) is 1.55. The molecule has 1 heterocycles. The fourth-order valence-electron chi connectivity index (χ4n) is 4.12. The molecule has 0 atom stereocenters. The number of benzene rings is 3. The van der Waals surface area contributed by atoms with Gasteiger partial charge in [0.2, 0.25) is 5.78 Å². The smallest absolute Gasteiger partial charge is 0.232 e. The average molecular weight is 446 g/mol. The van der Waals surface area contributed by atoms with Gasteiger partial charge in [0.15, 0.2) is 17.3 Å². The van der Waals surface area contributed by atoms with Crippen molar-refractivity contribution in [2.45, 2.75) is 20.0 Å². The summed E-state index contributed by atoms with van der Waals surface area (Å²) in [6.07, 6.45) is 1.65. The summed E-state index contributed by atoms with van der Waals surface area (Å²) in [5.41, 5.74) is 3.55. The lowest BCUT2D eigenvalue weighted by Gasteiger charge is -2.19. The fourth-order valence-corrected chi connectivity index (χ4v) is 4.12. The summed E-state index contributed by atoms with van der Waals surface area (Å²) < 4.78 is 16.9. The molecule has 0 radical (unpaired) electrons. The number of aromatic hydroxyl groups is 1. The van der Waals surface area contributed by atoms with E-state index in [1.165, 1.54) is 0 Å². The molecule has 0 aromatic heterocycles. The lowest BCUT2D eigenvalue weighted by atomic mass is 9.99. The molecule has 1 aliphatic heterocycles. The molecule has 3 aromatic rings. The highest BCUT2D eigenvalue weighted by molar-refractivity contribution is 6.16. The normalized spacial score (nSPS) is 13.8. The standard InChI is InChI=1S/C27H27NO5/c1-17-13-21(29)20(16-28(2)15-18-9-6-5-7-10-18)27-24(17)25(30)23(33-27)14-19-11-8-12-22(31-3)26(19)32-4/h5-14,29H,15-16H2,1-4H3/b23-14-. The molecule has 4 rings (SSSR count). The minimum atomic E-state index is -0.223. The SMILES string of the molecule is COc1cccc(/C=C2\Oc3c(CN(C)Cc4ccccc4)c(O)cc(C)c3C2=O)c1OC. The highest BCUT2D eigenvalue weighted by Crippen LogP contribution is 2.43. The lowest BCUT2D eigenvalue weighted by Crippen LogP contribution is -2.17. The van der Waals surface area contributed by atoms with Gasteiger partial charge in [-0.05, 0) is 43.3 Å². The van der Waals surface area contributed by atoms with E-state index >= 15 is 0 Å². The monoisotopic (exact) mass is 445 g/mol. The molecule has 1 aliphatic rings. The van der Waals surface area contributed by atoms with Crippen LogP contribution in [0.5, 0.6) is 23.0 Å². The van der Waals surface area contributed by atoms with Crippen LogP contribution in [0.4, 0.5) is 0 Å². The van der Waals surface area contributed by atoms with Crippen molar-refractivity contribution in [3.05, 3.63) is 88.2 Å². The average Bonchev–Trinajstić information content (AvgIpc) is 3.13. The van der Waals surface area contributed by atoms with E-state index in [-0.39, 0.29) is 17.3 Å². The first-order valence-corrected chi connectivity index (χ1v) is 10.7. The first kappa shape index (κ1) is 22.4. The molecule has 0 unspecified atom stereocenters. The van der Waals surface area contributed by atoms with Crippen LogP contribution in [0.25, 0.3) is 6.08 Å². The number of rotatable bonds is 7. The summed E-state index contributed by atoms with van der Waals surface area (Å²) in [6, 6.07) is 17.1. The number of phenolic OH excluding ortho intramolecular Hbond substituents is 1. The van der Waals surface area contributed by atoms with E-state index in [9.17, 15) is 9.90 Å². The van der Waals surface area contributed by atoms with Crippen LogP contribution in [0.1, 0.15) is 32.6 Å². The molecule has 0 fully saturated rings. The number of methoxy groups -OCH3 is 2. The van der Waals surface area contributed by atoms with Crippen molar-refractivity contribution < 1.29 is 24.1 Å². The summed E-state index contributed by atoms with van der Waals surface area (Å²) in [4.78, 5) is 15.3. The van der Waals surface area contributed by atoms with E-state index in [0.29, 0.717) is 52.6 Å². The number of ether oxygens (including phenoxy) is 3. The fraction of sp³-hybridized carbons (Fsp3) is 0.222. The van der Waals surface area contributed by atoms with Gasteiger partial charge in [0.25, 0.3) is 0 Å². The van der Waals surface area contributed by atoms with Crippen LogP contribution >= 0.6 is 0 Å². The van der Waals surface area contributed by atoms with Gasteiger partial charge in [-0.25, -0.2) is 0 Å². The van der Waals surface area contributed by atoms with E-state index in [2.05, 4.69) is 17.0 Å². The molecular formula is C27H27NO5. The molecule has 0 aliphatic carbocycles. The number of hydrogen-bond acceptors (Lipinski definition) is 6. The first-order valence-electron chi connectivity index (χ1n) is 10.7. The van der Waals surface area contributed by atoms with Crippen LogP contribution < -0.4 is 14.2 Å². The quantitative estimate of drug-likeness (QED) is 0.518. The summed E-state index contributed by atoms with van der Waals surface area (Å²) in [5, 5.41) is 10.7. The Bertz CT molecular complexity index is 1220. The highest BCUT2D eigenvalue weighted by atomic mass is 16.5. The topological polar surface area (TPSA) is 68.2 Å². The Morgan fingerprint density at radius 2 is 1.79 bits per heavy atom. The number of allylic oxidation sites excluding steroid dienone is 1. The molecule has 0 saturated heterocycles. The number of hydrogen-bond donors (Lipinski definition) is 1. The Hall–Kier alpha value is -3.77. The second-order valence-electron chi connectivity index (χ2n) is 8.08. The number of para-hydroxylation sites is 1. The number of carbonyl (C=O) groups excluding carboxylic acids is 1. The van der Waals surface area contributed by atoms with E-state index in [1.807, 2.05) is 37.4 Å². The summed E-state index contributed by atoms with van der Waals surface area (Å²) in [7, 11) is 5.08. The second kappa shape index (κ2) is 9.38. The second-order valence-corrected chi connectivity index (χ2v) is 8.08. The molecule has 1 N–H and O–H groups in total. The first-order chi connectivity index (χ1) is 15.9. The maximum atomic E-state index is 13.3. The van der Waals surface area contributed by atoms with Crippen LogP contribution in [0.3, 0.4) is 0 Å².